The first kappa shape index (κ1) is 21.3. The van der Waals surface area contributed by atoms with Crippen LogP contribution in [-0.4, -0.2) is 23.5 Å². The maximum Gasteiger partial charge on any atom is 0.0849 e. The van der Waals surface area contributed by atoms with Gasteiger partial charge in [0.05, 0.1) is 11.1 Å². The molecule has 0 unspecified atom stereocenters. The van der Waals surface area contributed by atoms with Crippen LogP contribution in [0.3, 0.4) is 0 Å². The van der Waals surface area contributed by atoms with Crippen LogP contribution in [0.15, 0.2) is 9.98 Å². The van der Waals surface area contributed by atoms with Crippen LogP contribution in [0.4, 0.5) is 0 Å². The molecule has 0 bridgehead atoms. The molecule has 0 aliphatic heterocycles. The fourth-order valence-electron chi connectivity index (χ4n) is 3.06. The van der Waals surface area contributed by atoms with Gasteiger partial charge >= 0.3 is 0 Å². The summed E-state index contributed by atoms with van der Waals surface area (Å²) in [5.41, 5.74) is 0.00414. The standard InChI is InChI=1S/C20H40N2/c1-11-19(12-2,21-15-17(5,6)7)20(13-3,14-4)22-16-18(8,9)10/h15-16H,11-14H2,1-10H3/b21-15+,22-16+. The van der Waals surface area contributed by atoms with Crippen molar-refractivity contribution in [3.05, 3.63) is 0 Å². The summed E-state index contributed by atoms with van der Waals surface area (Å²) in [6.07, 6.45) is 8.40. The first-order valence-electron chi connectivity index (χ1n) is 9.03. The molecule has 0 aromatic rings. The van der Waals surface area contributed by atoms with E-state index < -0.39 is 0 Å². The Kier molecular flexibility index (Phi) is 7.51. The Morgan fingerprint density at radius 3 is 0.909 bits per heavy atom. The van der Waals surface area contributed by atoms with E-state index in [0.717, 1.165) is 25.7 Å². The van der Waals surface area contributed by atoms with Crippen LogP contribution in [-0.2, 0) is 0 Å². The maximum atomic E-state index is 5.14. The molecule has 22 heavy (non-hydrogen) atoms. The van der Waals surface area contributed by atoms with Crippen molar-refractivity contribution in [2.45, 2.75) is 106 Å². The molecule has 0 heterocycles. The van der Waals surface area contributed by atoms with Gasteiger partial charge in [-0.25, -0.2) is 0 Å². The summed E-state index contributed by atoms with van der Waals surface area (Å²) >= 11 is 0. The van der Waals surface area contributed by atoms with Crippen molar-refractivity contribution in [1.82, 2.24) is 0 Å². The lowest BCUT2D eigenvalue weighted by atomic mass is 9.70. The molecule has 2 nitrogen and oxygen atoms in total. The Bertz CT molecular complexity index is 331. The first-order valence-corrected chi connectivity index (χ1v) is 9.03. The van der Waals surface area contributed by atoms with Gasteiger partial charge < -0.3 is 0 Å². The summed E-state index contributed by atoms with van der Waals surface area (Å²) in [6.45, 7) is 22.3. The number of aliphatic imine (C=N–C) groups is 2. The topological polar surface area (TPSA) is 24.7 Å². The molecule has 0 aromatic carbocycles. The van der Waals surface area contributed by atoms with E-state index in [9.17, 15) is 0 Å². The molecule has 0 saturated heterocycles. The van der Waals surface area contributed by atoms with E-state index in [0.29, 0.717) is 0 Å². The molecule has 0 N–H and O–H groups in total. The van der Waals surface area contributed by atoms with E-state index >= 15 is 0 Å². The highest BCUT2D eigenvalue weighted by atomic mass is 15.0. The van der Waals surface area contributed by atoms with Crippen molar-refractivity contribution in [2.24, 2.45) is 20.8 Å². The van der Waals surface area contributed by atoms with E-state index in [1.165, 1.54) is 0 Å². The Morgan fingerprint density at radius 1 is 0.545 bits per heavy atom. The van der Waals surface area contributed by atoms with Crippen molar-refractivity contribution < 1.29 is 0 Å². The van der Waals surface area contributed by atoms with Gasteiger partial charge in [-0.05, 0) is 36.5 Å². The lowest BCUT2D eigenvalue weighted by molar-refractivity contribution is 0.193. The second-order valence-electron chi connectivity index (χ2n) is 8.73. The highest BCUT2D eigenvalue weighted by Crippen LogP contribution is 2.42. The van der Waals surface area contributed by atoms with Gasteiger partial charge in [-0.3, -0.25) is 9.98 Å². The van der Waals surface area contributed by atoms with Gasteiger partial charge in [0.2, 0.25) is 0 Å². The maximum absolute atomic E-state index is 5.14. The third-order valence-electron chi connectivity index (χ3n) is 4.60. The molecule has 2 heteroatoms. The number of rotatable bonds is 7. The lowest BCUT2D eigenvalue weighted by Crippen LogP contribution is -2.51. The molecule has 0 fully saturated rings. The molecule has 0 rings (SSSR count). The summed E-state index contributed by atoms with van der Waals surface area (Å²) in [6, 6.07) is 0. The minimum Gasteiger partial charge on any atom is -0.288 e. The van der Waals surface area contributed by atoms with Crippen molar-refractivity contribution in [2.75, 3.05) is 0 Å². The van der Waals surface area contributed by atoms with Crippen LogP contribution in [0.2, 0.25) is 0 Å². The van der Waals surface area contributed by atoms with Crippen molar-refractivity contribution in [1.29, 1.82) is 0 Å². The van der Waals surface area contributed by atoms with Crippen LogP contribution in [0.5, 0.6) is 0 Å². The molecular weight excluding hydrogens is 268 g/mol. The van der Waals surface area contributed by atoms with Gasteiger partial charge in [0.25, 0.3) is 0 Å². The Morgan fingerprint density at radius 2 is 0.773 bits per heavy atom. The minimum absolute atomic E-state index is 0.106. The third kappa shape index (κ3) is 5.52. The largest absolute Gasteiger partial charge is 0.288 e. The SMILES string of the molecule is CCC(CC)(/N=C/C(C)(C)C)C(CC)(CC)/N=C/C(C)(C)C. The normalized spacial score (nSPS) is 15.2. The second-order valence-corrected chi connectivity index (χ2v) is 8.73. The van der Waals surface area contributed by atoms with Crippen LogP contribution < -0.4 is 0 Å². The van der Waals surface area contributed by atoms with Gasteiger partial charge in [0, 0.05) is 12.4 Å². The zero-order valence-electron chi connectivity index (χ0n) is 16.9. The second kappa shape index (κ2) is 7.75. The fraction of sp³-hybridized carbons (Fsp3) is 0.900. The van der Waals surface area contributed by atoms with Crippen LogP contribution >= 0.6 is 0 Å². The molecule has 0 amide bonds. The molecule has 130 valence electrons. The summed E-state index contributed by atoms with van der Waals surface area (Å²) in [4.78, 5) is 10.3. The van der Waals surface area contributed by atoms with Crippen molar-refractivity contribution in [3.8, 4) is 0 Å². The quantitative estimate of drug-likeness (QED) is 0.490. The zero-order valence-corrected chi connectivity index (χ0v) is 16.9. The third-order valence-corrected chi connectivity index (χ3v) is 4.60. The molecular formula is C20H40N2. The number of nitrogens with zero attached hydrogens (tertiary/aromatic N) is 2. The number of hydrogen-bond donors (Lipinski definition) is 0. The Hall–Kier alpha value is -0.660. The molecule has 0 atom stereocenters. The molecule has 0 radical (unpaired) electrons. The summed E-state index contributed by atoms with van der Waals surface area (Å²) in [5, 5.41) is 0. The number of hydrogen-bond acceptors (Lipinski definition) is 2. The van der Waals surface area contributed by atoms with Gasteiger partial charge in [0.1, 0.15) is 0 Å². The molecule has 0 aromatic heterocycles. The summed E-state index contributed by atoms with van der Waals surface area (Å²) < 4.78 is 0. The van der Waals surface area contributed by atoms with Crippen molar-refractivity contribution >= 4 is 12.4 Å². The van der Waals surface area contributed by atoms with Crippen LogP contribution in [0.25, 0.3) is 0 Å². The average Bonchev–Trinajstić information content (AvgIpc) is 2.41. The van der Waals surface area contributed by atoms with E-state index in [-0.39, 0.29) is 21.9 Å². The monoisotopic (exact) mass is 308 g/mol. The Balaban J connectivity index is 6.01. The Labute approximate surface area is 139 Å². The summed E-state index contributed by atoms with van der Waals surface area (Å²) in [5.74, 6) is 0. The van der Waals surface area contributed by atoms with Crippen molar-refractivity contribution in [3.63, 3.8) is 0 Å². The lowest BCUT2D eigenvalue weighted by Gasteiger charge is -2.45. The summed E-state index contributed by atoms with van der Waals surface area (Å²) in [7, 11) is 0. The highest BCUT2D eigenvalue weighted by molar-refractivity contribution is 5.66. The predicted molar refractivity (Wildman–Crippen MR) is 103 cm³/mol. The molecule has 0 saturated carbocycles. The average molecular weight is 309 g/mol. The van der Waals surface area contributed by atoms with Crippen LogP contribution in [0, 0.1) is 10.8 Å². The fourth-order valence-corrected chi connectivity index (χ4v) is 3.06. The minimum atomic E-state index is -0.106. The van der Waals surface area contributed by atoms with Gasteiger partial charge in [-0.15, -0.1) is 0 Å². The van der Waals surface area contributed by atoms with E-state index in [1.54, 1.807) is 0 Å². The molecule has 0 spiro atoms. The molecule has 0 aliphatic rings. The smallest absolute Gasteiger partial charge is 0.0849 e. The molecule has 0 aliphatic carbocycles. The van der Waals surface area contributed by atoms with Gasteiger partial charge in [-0.2, -0.15) is 0 Å². The van der Waals surface area contributed by atoms with Crippen LogP contribution in [0.1, 0.15) is 94.9 Å². The first-order chi connectivity index (χ1) is 9.91. The zero-order chi connectivity index (χ0) is 17.7. The van der Waals surface area contributed by atoms with Gasteiger partial charge in [0.15, 0.2) is 0 Å². The van der Waals surface area contributed by atoms with Gasteiger partial charge in [-0.1, -0.05) is 69.2 Å². The highest BCUT2D eigenvalue weighted by Gasteiger charge is 2.46. The van der Waals surface area contributed by atoms with E-state index in [4.69, 9.17) is 9.98 Å². The van der Waals surface area contributed by atoms with E-state index in [1.807, 2.05) is 0 Å². The predicted octanol–water partition coefficient (Wildman–Crippen LogP) is 6.34. The van der Waals surface area contributed by atoms with E-state index in [2.05, 4.69) is 81.7 Å².